The molecule has 5 N–H and O–H groups in total. The van der Waals surface area contributed by atoms with E-state index in [1.54, 1.807) is 0 Å². The van der Waals surface area contributed by atoms with Crippen molar-refractivity contribution in [2.45, 2.75) is 411 Å². The Morgan fingerprint density at radius 1 is 0.292 bits per heavy atom. The number of unbranched alkanes of at least 4 members (excludes halogenated alkanes) is 54. The minimum absolute atomic E-state index is 0.377. The topological polar surface area (TPSA) is 110 Å². The highest BCUT2D eigenvalue weighted by atomic mass is 16.3. The van der Waals surface area contributed by atoms with Crippen molar-refractivity contribution < 1.29 is 25.2 Å². The molecule has 0 aromatic heterocycles. The normalized spacial score (nSPS) is 13.5. The maximum atomic E-state index is 12.6. The Hall–Kier alpha value is -0.690. The molecule has 6 nitrogen and oxygen atoms in total. The molecule has 1 amide bonds. The van der Waals surface area contributed by atoms with Gasteiger partial charge in [0.15, 0.2) is 0 Å². The van der Waals surface area contributed by atoms with Gasteiger partial charge < -0.3 is 25.7 Å². The minimum Gasteiger partial charge on any atom is -0.394 e. The van der Waals surface area contributed by atoms with Crippen molar-refractivity contribution in [3.05, 3.63) is 0 Å². The van der Waals surface area contributed by atoms with Gasteiger partial charge in [0, 0.05) is 0 Å². The van der Waals surface area contributed by atoms with Crippen molar-refractivity contribution in [3.63, 3.8) is 0 Å². The molecule has 0 radical (unpaired) electrons. The average molecular weight is 1020 g/mol. The number of hydrogen-bond donors (Lipinski definition) is 5. The second-order valence-corrected chi connectivity index (χ2v) is 23.5. The first-order valence-electron chi connectivity index (χ1n) is 33.4. The highest BCUT2D eigenvalue weighted by Gasteiger charge is 2.28. The van der Waals surface area contributed by atoms with Crippen LogP contribution in [0.15, 0.2) is 0 Å². The van der Waals surface area contributed by atoms with Gasteiger partial charge in [-0.05, 0) is 12.8 Å². The molecule has 6 heteroatoms. The zero-order valence-electron chi connectivity index (χ0n) is 49.2. The van der Waals surface area contributed by atoms with E-state index in [-0.39, 0.29) is 0 Å². The molecule has 0 saturated carbocycles. The fraction of sp³-hybridized carbons (Fsp3) is 0.985. The summed E-state index contributed by atoms with van der Waals surface area (Å²) in [6.45, 7) is 4.12. The number of amides is 1. The van der Waals surface area contributed by atoms with E-state index in [1.807, 2.05) is 0 Å². The Morgan fingerprint density at radius 3 is 0.667 bits per heavy atom. The Bertz CT molecular complexity index is 1010. The number of nitrogens with one attached hydrogen (secondary N) is 1. The molecule has 0 saturated heterocycles. The van der Waals surface area contributed by atoms with Crippen LogP contribution < -0.4 is 5.32 Å². The molecule has 0 aromatic carbocycles. The summed E-state index contributed by atoms with van der Waals surface area (Å²) >= 11 is 0. The van der Waals surface area contributed by atoms with Crippen LogP contribution in [0.2, 0.25) is 0 Å². The number of carbonyl (C=O) groups excluding carboxylic acids is 1. The number of aliphatic hydroxyl groups excluding tert-OH is 4. The lowest BCUT2D eigenvalue weighted by Gasteiger charge is -2.27. The van der Waals surface area contributed by atoms with Crippen molar-refractivity contribution >= 4 is 5.91 Å². The maximum Gasteiger partial charge on any atom is 0.249 e. The summed E-state index contributed by atoms with van der Waals surface area (Å²) in [5, 5.41) is 44.2. The van der Waals surface area contributed by atoms with Crippen LogP contribution in [0, 0.1) is 0 Å². The minimum atomic E-state index is -1.26. The fourth-order valence-corrected chi connectivity index (χ4v) is 11.1. The largest absolute Gasteiger partial charge is 0.394 e. The number of hydrogen-bond acceptors (Lipinski definition) is 5. The molecule has 72 heavy (non-hydrogen) atoms. The molecule has 0 aromatic rings. The molecule has 432 valence electrons. The number of rotatable bonds is 63. The van der Waals surface area contributed by atoms with Crippen LogP contribution in [-0.4, -0.2) is 57.3 Å². The van der Waals surface area contributed by atoms with Crippen LogP contribution in [0.25, 0.3) is 0 Å². The fourth-order valence-electron chi connectivity index (χ4n) is 11.1. The van der Waals surface area contributed by atoms with Crippen molar-refractivity contribution in [3.8, 4) is 0 Å². The first-order valence-corrected chi connectivity index (χ1v) is 33.4. The summed E-state index contributed by atoms with van der Waals surface area (Å²) in [5.41, 5.74) is 0. The Kier molecular flexibility index (Phi) is 60.6. The van der Waals surface area contributed by atoms with Gasteiger partial charge in [-0.2, -0.15) is 0 Å². The van der Waals surface area contributed by atoms with Crippen LogP contribution in [-0.2, 0) is 4.79 Å². The molecule has 0 fully saturated rings. The zero-order chi connectivity index (χ0) is 52.3. The number of carbonyl (C=O) groups is 1. The predicted octanol–water partition coefficient (Wildman–Crippen LogP) is 20.2. The first-order chi connectivity index (χ1) is 35.5. The smallest absolute Gasteiger partial charge is 0.249 e. The predicted molar refractivity (Wildman–Crippen MR) is 316 cm³/mol. The second kappa shape index (κ2) is 61.2. The third-order valence-corrected chi connectivity index (χ3v) is 16.3. The van der Waals surface area contributed by atoms with Crippen molar-refractivity contribution in [2.24, 2.45) is 0 Å². The standard InChI is InChI=1S/C66H133NO5/c1-3-5-7-9-11-13-15-17-19-21-23-25-27-29-30-31-32-33-34-35-36-38-40-42-44-46-48-50-52-54-56-58-60-64(70)66(72)67-62(61-68)65(71)63(69)59-57-55-53-51-49-47-45-43-41-39-37-28-26-24-22-20-18-16-14-12-10-8-6-4-2/h62-65,68-71H,3-61H2,1-2H3,(H,67,72). The van der Waals surface area contributed by atoms with E-state index in [4.69, 9.17) is 0 Å². The highest BCUT2D eigenvalue weighted by Crippen LogP contribution is 2.20. The van der Waals surface area contributed by atoms with Crippen molar-refractivity contribution in [1.82, 2.24) is 5.32 Å². The molecule has 0 rings (SSSR count). The molecular formula is C66H133NO5. The van der Waals surface area contributed by atoms with Crippen LogP contribution in [0.4, 0.5) is 0 Å². The monoisotopic (exact) mass is 1020 g/mol. The van der Waals surface area contributed by atoms with Gasteiger partial charge in [0.1, 0.15) is 12.2 Å². The van der Waals surface area contributed by atoms with Crippen molar-refractivity contribution in [2.75, 3.05) is 6.61 Å². The average Bonchev–Trinajstić information content (AvgIpc) is 3.39. The molecule has 0 aliphatic carbocycles. The van der Waals surface area contributed by atoms with Gasteiger partial charge in [0.05, 0.1) is 18.8 Å². The summed E-state index contributed by atoms with van der Waals surface area (Å²) in [4.78, 5) is 12.6. The van der Waals surface area contributed by atoms with E-state index in [0.29, 0.717) is 12.8 Å². The third-order valence-electron chi connectivity index (χ3n) is 16.3. The van der Waals surface area contributed by atoms with Gasteiger partial charge in [0.25, 0.3) is 0 Å². The van der Waals surface area contributed by atoms with E-state index in [2.05, 4.69) is 19.2 Å². The zero-order valence-corrected chi connectivity index (χ0v) is 49.2. The summed E-state index contributed by atoms with van der Waals surface area (Å²) in [6.07, 6.45) is 73.6. The lowest BCUT2D eigenvalue weighted by Crippen LogP contribution is -2.53. The third kappa shape index (κ3) is 54.1. The van der Waals surface area contributed by atoms with Gasteiger partial charge in [-0.15, -0.1) is 0 Å². The molecule has 0 aliphatic heterocycles. The summed E-state index contributed by atoms with van der Waals surface area (Å²) < 4.78 is 0. The van der Waals surface area contributed by atoms with Crippen molar-refractivity contribution in [1.29, 1.82) is 0 Å². The molecule has 4 atom stereocenters. The molecule has 0 heterocycles. The first kappa shape index (κ1) is 71.3. The van der Waals surface area contributed by atoms with Gasteiger partial charge in [-0.3, -0.25) is 4.79 Å². The van der Waals surface area contributed by atoms with Crippen LogP contribution in [0.1, 0.15) is 386 Å². The molecule has 0 spiro atoms. The molecule has 0 bridgehead atoms. The lowest BCUT2D eigenvalue weighted by molar-refractivity contribution is -0.132. The Labute approximate surface area is 451 Å². The summed E-state index contributed by atoms with van der Waals surface area (Å²) in [7, 11) is 0. The quantitative estimate of drug-likeness (QED) is 0.0390. The van der Waals surface area contributed by atoms with Gasteiger partial charge in [-0.1, -0.05) is 373 Å². The molecule has 0 aliphatic rings. The highest BCUT2D eigenvalue weighted by molar-refractivity contribution is 5.80. The molecule has 4 unspecified atom stereocenters. The summed E-state index contributed by atoms with van der Waals surface area (Å²) in [6, 6.07) is -0.982. The van der Waals surface area contributed by atoms with Crippen LogP contribution in [0.5, 0.6) is 0 Å². The second-order valence-electron chi connectivity index (χ2n) is 23.5. The van der Waals surface area contributed by atoms with Crippen LogP contribution >= 0.6 is 0 Å². The Morgan fingerprint density at radius 2 is 0.472 bits per heavy atom. The Balaban J connectivity index is 3.51. The van der Waals surface area contributed by atoms with E-state index < -0.39 is 36.9 Å². The maximum absolute atomic E-state index is 12.6. The van der Waals surface area contributed by atoms with Gasteiger partial charge in [0.2, 0.25) is 5.91 Å². The number of aliphatic hydroxyl groups is 4. The lowest BCUT2D eigenvalue weighted by atomic mass is 9.99. The van der Waals surface area contributed by atoms with Crippen LogP contribution in [0.3, 0.4) is 0 Å². The molecular weight excluding hydrogens is 887 g/mol. The van der Waals surface area contributed by atoms with E-state index in [0.717, 1.165) is 38.5 Å². The van der Waals surface area contributed by atoms with Gasteiger partial charge in [-0.25, -0.2) is 0 Å². The van der Waals surface area contributed by atoms with Gasteiger partial charge >= 0.3 is 0 Å². The van der Waals surface area contributed by atoms with E-state index in [9.17, 15) is 25.2 Å². The summed E-state index contributed by atoms with van der Waals surface area (Å²) in [5.74, 6) is -0.573. The SMILES string of the molecule is CCCCCCCCCCCCCCCCCCCCCCCCCCCCCCCCCCC(O)C(=O)NC(CO)C(O)C(O)CCCCCCCCCCCCCCCCCCCCCCCCCC. The van der Waals surface area contributed by atoms with E-state index >= 15 is 0 Å². The van der Waals surface area contributed by atoms with E-state index in [1.165, 1.54) is 321 Å².